The van der Waals surface area contributed by atoms with Crippen LogP contribution >= 0.6 is 0 Å². The van der Waals surface area contributed by atoms with Crippen molar-refractivity contribution in [3.63, 3.8) is 0 Å². The van der Waals surface area contributed by atoms with E-state index in [-0.39, 0.29) is 16.3 Å². The first-order valence-electron chi connectivity index (χ1n) is 9.12. The number of benzene rings is 1. The normalized spacial score (nSPS) is 19.5. The van der Waals surface area contributed by atoms with Gasteiger partial charge in [-0.25, -0.2) is 8.42 Å². The lowest BCUT2D eigenvalue weighted by atomic mass is 10.1. The second-order valence-corrected chi connectivity index (χ2v) is 8.69. The highest BCUT2D eigenvalue weighted by atomic mass is 32.2. The van der Waals surface area contributed by atoms with Gasteiger partial charge in [-0.1, -0.05) is 6.42 Å². The largest absolute Gasteiger partial charge is 0.485 e. The molecule has 2 aliphatic heterocycles. The molecule has 1 aromatic rings. The van der Waals surface area contributed by atoms with Gasteiger partial charge in [0.1, 0.15) is 6.61 Å². The Balaban J connectivity index is 1.71. The number of sulfonamides is 1. The van der Waals surface area contributed by atoms with Crippen LogP contribution in [0.4, 0.5) is 5.69 Å². The molecule has 144 valence electrons. The van der Waals surface area contributed by atoms with Crippen LogP contribution in [-0.2, 0) is 10.0 Å². The third-order valence-electron chi connectivity index (χ3n) is 4.94. The molecule has 2 fully saturated rings. The number of hydrogen-bond acceptors (Lipinski definition) is 6. The fourth-order valence-corrected chi connectivity index (χ4v) is 5.01. The topological polar surface area (TPSA) is 93.0 Å². The number of piperidine rings is 1. The quantitative estimate of drug-likeness (QED) is 0.530. The third-order valence-corrected chi connectivity index (χ3v) is 6.84. The third kappa shape index (κ3) is 4.33. The van der Waals surface area contributed by atoms with Crippen LogP contribution in [-0.4, -0.2) is 61.9 Å². The molecule has 9 heteroatoms. The zero-order valence-corrected chi connectivity index (χ0v) is 15.6. The van der Waals surface area contributed by atoms with Gasteiger partial charge in [-0.3, -0.25) is 15.0 Å². The van der Waals surface area contributed by atoms with Crippen molar-refractivity contribution in [1.82, 2.24) is 9.21 Å². The first-order chi connectivity index (χ1) is 12.5. The van der Waals surface area contributed by atoms with Gasteiger partial charge in [0.05, 0.1) is 9.82 Å². The molecule has 0 radical (unpaired) electrons. The summed E-state index contributed by atoms with van der Waals surface area (Å²) in [4.78, 5) is 13.0. The molecule has 2 aliphatic rings. The zero-order valence-electron chi connectivity index (χ0n) is 14.8. The van der Waals surface area contributed by atoms with E-state index in [2.05, 4.69) is 4.90 Å². The lowest BCUT2D eigenvalue weighted by Gasteiger charge is -2.26. The first-order valence-corrected chi connectivity index (χ1v) is 10.6. The predicted octanol–water partition coefficient (Wildman–Crippen LogP) is 2.24. The van der Waals surface area contributed by atoms with Gasteiger partial charge >= 0.3 is 5.69 Å². The van der Waals surface area contributed by atoms with Crippen molar-refractivity contribution in [2.45, 2.75) is 37.0 Å². The summed E-state index contributed by atoms with van der Waals surface area (Å²) in [7, 11) is -3.68. The number of nitrogens with zero attached hydrogens (tertiary/aromatic N) is 3. The molecular formula is C17H25N3O5S. The van der Waals surface area contributed by atoms with E-state index in [1.807, 2.05) is 0 Å². The number of nitro benzene ring substituents is 1. The number of nitro groups is 1. The summed E-state index contributed by atoms with van der Waals surface area (Å²) in [5, 5.41) is 11.4. The highest BCUT2D eigenvalue weighted by molar-refractivity contribution is 7.89. The van der Waals surface area contributed by atoms with Crippen molar-refractivity contribution in [2.24, 2.45) is 0 Å². The summed E-state index contributed by atoms with van der Waals surface area (Å²) < 4.78 is 32.2. The number of rotatable bonds is 7. The van der Waals surface area contributed by atoms with Crippen molar-refractivity contribution in [2.75, 3.05) is 39.3 Å². The summed E-state index contributed by atoms with van der Waals surface area (Å²) in [6.07, 6.45) is 5.22. The Hall–Kier alpha value is -1.71. The van der Waals surface area contributed by atoms with E-state index >= 15 is 0 Å². The van der Waals surface area contributed by atoms with Gasteiger partial charge in [-0.2, -0.15) is 4.31 Å². The van der Waals surface area contributed by atoms with E-state index in [0.29, 0.717) is 26.2 Å². The molecule has 0 saturated carbocycles. The lowest BCUT2D eigenvalue weighted by Crippen LogP contribution is -2.33. The monoisotopic (exact) mass is 383 g/mol. The Morgan fingerprint density at radius 3 is 2.35 bits per heavy atom. The average Bonchev–Trinajstić information content (AvgIpc) is 3.18. The lowest BCUT2D eigenvalue weighted by molar-refractivity contribution is -0.386. The Kier molecular flexibility index (Phi) is 6.10. The molecule has 0 bridgehead atoms. The van der Waals surface area contributed by atoms with Gasteiger partial charge < -0.3 is 4.74 Å². The number of hydrogen-bond donors (Lipinski definition) is 0. The van der Waals surface area contributed by atoms with Gasteiger partial charge in [0, 0.05) is 25.7 Å². The fourth-order valence-electron chi connectivity index (χ4n) is 3.47. The van der Waals surface area contributed by atoms with Crippen LogP contribution in [0.2, 0.25) is 0 Å². The minimum atomic E-state index is -3.68. The molecule has 0 N–H and O–H groups in total. The average molecular weight is 383 g/mol. The van der Waals surface area contributed by atoms with Crippen LogP contribution in [0.25, 0.3) is 0 Å². The number of likely N-dealkylation sites (tertiary alicyclic amines) is 1. The maximum atomic E-state index is 12.6. The van der Waals surface area contributed by atoms with E-state index in [1.165, 1.54) is 35.7 Å². The van der Waals surface area contributed by atoms with Crippen LogP contribution in [0.15, 0.2) is 23.1 Å². The van der Waals surface area contributed by atoms with E-state index in [1.54, 1.807) is 0 Å². The molecule has 2 heterocycles. The van der Waals surface area contributed by atoms with Gasteiger partial charge in [-0.05, 0) is 50.9 Å². The molecule has 0 aliphatic carbocycles. The fraction of sp³-hybridized carbons (Fsp3) is 0.647. The van der Waals surface area contributed by atoms with Gasteiger partial charge in [0.2, 0.25) is 10.0 Å². The van der Waals surface area contributed by atoms with Crippen LogP contribution in [0.1, 0.15) is 32.1 Å². The maximum Gasteiger partial charge on any atom is 0.312 e. The summed E-state index contributed by atoms with van der Waals surface area (Å²) in [5.74, 6) is 0.118. The Morgan fingerprint density at radius 2 is 1.69 bits per heavy atom. The van der Waals surface area contributed by atoms with E-state index < -0.39 is 14.9 Å². The van der Waals surface area contributed by atoms with Gasteiger partial charge in [0.25, 0.3) is 0 Å². The van der Waals surface area contributed by atoms with Gasteiger partial charge in [0.15, 0.2) is 5.75 Å². The second-order valence-electron chi connectivity index (χ2n) is 6.75. The van der Waals surface area contributed by atoms with Crippen molar-refractivity contribution in [3.05, 3.63) is 28.3 Å². The van der Waals surface area contributed by atoms with Crippen molar-refractivity contribution >= 4 is 15.7 Å². The Morgan fingerprint density at radius 1 is 1.04 bits per heavy atom. The Bertz CT molecular complexity index is 741. The first kappa shape index (κ1) is 19.1. The predicted molar refractivity (Wildman–Crippen MR) is 96.9 cm³/mol. The molecule has 0 amide bonds. The van der Waals surface area contributed by atoms with E-state index in [9.17, 15) is 18.5 Å². The highest BCUT2D eigenvalue weighted by Gasteiger charge is 2.29. The van der Waals surface area contributed by atoms with Crippen LogP contribution in [0.5, 0.6) is 5.75 Å². The number of ether oxygens (including phenoxy) is 1. The molecule has 0 unspecified atom stereocenters. The second kappa shape index (κ2) is 8.32. The molecule has 1 aromatic carbocycles. The molecule has 8 nitrogen and oxygen atoms in total. The molecule has 3 rings (SSSR count). The summed E-state index contributed by atoms with van der Waals surface area (Å²) in [6, 6.07) is 3.91. The van der Waals surface area contributed by atoms with Gasteiger partial charge in [-0.15, -0.1) is 0 Å². The summed E-state index contributed by atoms with van der Waals surface area (Å²) >= 11 is 0. The SMILES string of the molecule is O=[N+]([O-])c1cc(S(=O)(=O)N2CCCC2)ccc1OCCN1CCCCC1. The van der Waals surface area contributed by atoms with Crippen molar-refractivity contribution < 1.29 is 18.1 Å². The van der Waals surface area contributed by atoms with Crippen LogP contribution in [0, 0.1) is 10.1 Å². The van der Waals surface area contributed by atoms with E-state index in [4.69, 9.17) is 4.74 Å². The Labute approximate surface area is 153 Å². The highest BCUT2D eigenvalue weighted by Crippen LogP contribution is 2.31. The zero-order chi connectivity index (χ0) is 18.6. The molecular weight excluding hydrogens is 358 g/mol. The maximum absolute atomic E-state index is 12.6. The minimum Gasteiger partial charge on any atom is -0.485 e. The summed E-state index contributed by atoms with van der Waals surface area (Å²) in [6.45, 7) is 4.04. The van der Waals surface area contributed by atoms with Crippen molar-refractivity contribution in [1.29, 1.82) is 0 Å². The van der Waals surface area contributed by atoms with Crippen LogP contribution in [0.3, 0.4) is 0 Å². The minimum absolute atomic E-state index is 0.0468. The molecule has 0 aromatic heterocycles. The van der Waals surface area contributed by atoms with E-state index in [0.717, 1.165) is 32.0 Å². The molecule has 2 saturated heterocycles. The molecule has 0 spiro atoms. The van der Waals surface area contributed by atoms with Crippen LogP contribution < -0.4 is 4.74 Å². The summed E-state index contributed by atoms with van der Waals surface area (Å²) in [5.41, 5.74) is -0.302. The van der Waals surface area contributed by atoms with Crippen molar-refractivity contribution in [3.8, 4) is 5.75 Å². The molecule has 26 heavy (non-hydrogen) atoms. The smallest absolute Gasteiger partial charge is 0.312 e. The molecule has 0 atom stereocenters. The standard InChI is InChI=1S/C17H25N3O5S/c21-20(22)16-14-15(26(23,24)19-10-4-5-11-19)6-7-17(16)25-13-12-18-8-2-1-3-9-18/h6-7,14H,1-5,8-13H2.